The summed E-state index contributed by atoms with van der Waals surface area (Å²) in [5.74, 6) is -0.783. The minimum atomic E-state index is -0.439. The van der Waals surface area contributed by atoms with Crippen molar-refractivity contribution in [2.45, 2.75) is 39.0 Å². The first-order valence-corrected chi connectivity index (χ1v) is 7.91. The summed E-state index contributed by atoms with van der Waals surface area (Å²) in [5, 5.41) is 5.09. The van der Waals surface area contributed by atoms with Gasteiger partial charge in [-0.2, -0.15) is 0 Å². The molecule has 0 aliphatic heterocycles. The summed E-state index contributed by atoms with van der Waals surface area (Å²) in [6.45, 7) is 1.31. The Bertz CT molecular complexity index is 535. The largest absolute Gasteiger partial charge is 0.317 e. The minimum absolute atomic E-state index is 0.0225. The van der Waals surface area contributed by atoms with Gasteiger partial charge in [0.2, 0.25) is 11.8 Å². The molecule has 3 amide bonds. The fourth-order valence-electron chi connectivity index (χ4n) is 2.38. The van der Waals surface area contributed by atoms with E-state index in [2.05, 4.69) is 16.2 Å². The lowest BCUT2D eigenvalue weighted by Crippen LogP contribution is -2.40. The predicted octanol–water partition coefficient (Wildman–Crippen LogP) is 2.05. The van der Waals surface area contributed by atoms with Crippen LogP contribution in [0.5, 0.6) is 0 Å². The standard InChI is InChI=1S/C14H19N3O3S/c1-9(18)16-17-13(20)11-7-8-21-14(11)15-12(19)10-5-3-2-4-6-10/h7-8,10H,2-6H2,1H3,(H,15,19)(H,16,18)(H,17,20). The maximum absolute atomic E-state index is 12.2. The average molecular weight is 309 g/mol. The third-order valence-electron chi connectivity index (χ3n) is 3.47. The van der Waals surface area contributed by atoms with E-state index in [-0.39, 0.29) is 17.7 Å². The van der Waals surface area contributed by atoms with Crippen LogP contribution in [0, 0.1) is 5.92 Å². The van der Waals surface area contributed by atoms with Crippen LogP contribution >= 0.6 is 11.3 Å². The molecule has 21 heavy (non-hydrogen) atoms. The Morgan fingerprint density at radius 1 is 1.14 bits per heavy atom. The van der Waals surface area contributed by atoms with Gasteiger partial charge in [0.25, 0.3) is 5.91 Å². The molecule has 7 heteroatoms. The van der Waals surface area contributed by atoms with Crippen LogP contribution in [-0.2, 0) is 9.59 Å². The van der Waals surface area contributed by atoms with Crippen LogP contribution in [0.2, 0.25) is 0 Å². The van der Waals surface area contributed by atoms with Gasteiger partial charge in [-0.25, -0.2) is 0 Å². The second-order valence-electron chi connectivity index (χ2n) is 5.12. The lowest BCUT2D eigenvalue weighted by Gasteiger charge is -2.20. The summed E-state index contributed by atoms with van der Waals surface area (Å²) >= 11 is 1.30. The van der Waals surface area contributed by atoms with E-state index in [0.717, 1.165) is 25.7 Å². The fraction of sp³-hybridized carbons (Fsp3) is 0.500. The Morgan fingerprint density at radius 3 is 2.52 bits per heavy atom. The second kappa shape index (κ2) is 7.21. The van der Waals surface area contributed by atoms with Crippen molar-refractivity contribution in [3.63, 3.8) is 0 Å². The number of rotatable bonds is 3. The molecule has 6 nitrogen and oxygen atoms in total. The Balaban J connectivity index is 1.97. The quantitative estimate of drug-likeness (QED) is 0.747. The summed E-state index contributed by atoms with van der Waals surface area (Å²) in [7, 11) is 0. The highest BCUT2D eigenvalue weighted by Crippen LogP contribution is 2.28. The summed E-state index contributed by atoms with van der Waals surface area (Å²) in [5.41, 5.74) is 4.88. The van der Waals surface area contributed by atoms with E-state index in [1.807, 2.05) is 0 Å². The molecule has 1 aromatic rings. The molecular weight excluding hydrogens is 290 g/mol. The zero-order valence-electron chi connectivity index (χ0n) is 11.9. The molecule has 1 aliphatic rings. The van der Waals surface area contributed by atoms with E-state index in [1.54, 1.807) is 11.4 Å². The van der Waals surface area contributed by atoms with Gasteiger partial charge >= 0.3 is 0 Å². The molecule has 3 N–H and O–H groups in total. The number of carbonyl (C=O) groups excluding carboxylic acids is 3. The van der Waals surface area contributed by atoms with Gasteiger partial charge in [-0.1, -0.05) is 19.3 Å². The number of anilines is 1. The zero-order valence-corrected chi connectivity index (χ0v) is 12.7. The Kier molecular flexibility index (Phi) is 5.32. The van der Waals surface area contributed by atoms with Gasteiger partial charge in [0.05, 0.1) is 5.56 Å². The summed E-state index contributed by atoms with van der Waals surface area (Å²) in [6.07, 6.45) is 5.17. The minimum Gasteiger partial charge on any atom is -0.317 e. The van der Waals surface area contributed by atoms with Crippen molar-refractivity contribution >= 4 is 34.1 Å². The van der Waals surface area contributed by atoms with Crippen molar-refractivity contribution < 1.29 is 14.4 Å². The lowest BCUT2D eigenvalue weighted by molar-refractivity contribution is -0.121. The van der Waals surface area contributed by atoms with Crippen LogP contribution in [0.4, 0.5) is 5.00 Å². The molecule has 0 spiro atoms. The monoisotopic (exact) mass is 309 g/mol. The molecule has 1 fully saturated rings. The molecule has 0 radical (unpaired) electrons. The van der Waals surface area contributed by atoms with Gasteiger partial charge in [0, 0.05) is 12.8 Å². The number of nitrogens with one attached hydrogen (secondary N) is 3. The van der Waals surface area contributed by atoms with Gasteiger partial charge in [-0.15, -0.1) is 11.3 Å². The normalized spacial score (nSPS) is 15.3. The summed E-state index contributed by atoms with van der Waals surface area (Å²) in [4.78, 5) is 34.9. The molecule has 1 saturated carbocycles. The summed E-state index contributed by atoms with van der Waals surface area (Å²) < 4.78 is 0. The number of amides is 3. The lowest BCUT2D eigenvalue weighted by atomic mass is 9.89. The van der Waals surface area contributed by atoms with Gasteiger partial charge in [-0.05, 0) is 24.3 Å². The second-order valence-corrected chi connectivity index (χ2v) is 6.04. The SMILES string of the molecule is CC(=O)NNC(=O)c1ccsc1NC(=O)C1CCCCC1. The number of hydrazine groups is 1. The van der Waals surface area contributed by atoms with Crippen molar-refractivity contribution in [2.75, 3.05) is 5.32 Å². The fourth-order valence-corrected chi connectivity index (χ4v) is 3.16. The van der Waals surface area contributed by atoms with Crippen LogP contribution in [0.15, 0.2) is 11.4 Å². The summed E-state index contributed by atoms with van der Waals surface area (Å²) in [6, 6.07) is 1.62. The van der Waals surface area contributed by atoms with Crippen molar-refractivity contribution in [3.8, 4) is 0 Å². The van der Waals surface area contributed by atoms with Gasteiger partial charge < -0.3 is 5.32 Å². The van der Waals surface area contributed by atoms with Crippen LogP contribution in [0.25, 0.3) is 0 Å². The first-order chi connectivity index (χ1) is 10.1. The molecule has 1 aliphatic carbocycles. The molecule has 1 aromatic heterocycles. The van der Waals surface area contributed by atoms with Crippen molar-refractivity contribution in [3.05, 3.63) is 17.0 Å². The molecule has 0 unspecified atom stereocenters. The molecule has 114 valence electrons. The zero-order chi connectivity index (χ0) is 15.2. The average Bonchev–Trinajstić information content (AvgIpc) is 2.93. The van der Waals surface area contributed by atoms with Gasteiger partial charge in [-0.3, -0.25) is 25.2 Å². The van der Waals surface area contributed by atoms with E-state index < -0.39 is 5.91 Å². The number of hydrogen-bond donors (Lipinski definition) is 3. The Morgan fingerprint density at radius 2 is 1.86 bits per heavy atom. The highest BCUT2D eigenvalue weighted by atomic mass is 32.1. The maximum Gasteiger partial charge on any atom is 0.272 e. The van der Waals surface area contributed by atoms with Crippen molar-refractivity contribution in [2.24, 2.45) is 5.92 Å². The molecule has 2 rings (SSSR count). The van der Waals surface area contributed by atoms with E-state index in [0.29, 0.717) is 10.6 Å². The van der Waals surface area contributed by atoms with E-state index in [4.69, 9.17) is 0 Å². The highest BCUT2D eigenvalue weighted by Gasteiger charge is 2.23. The molecular formula is C14H19N3O3S. The first-order valence-electron chi connectivity index (χ1n) is 7.03. The van der Waals surface area contributed by atoms with Crippen LogP contribution in [0.1, 0.15) is 49.4 Å². The first kappa shape index (κ1) is 15.5. The Hall–Kier alpha value is -1.89. The van der Waals surface area contributed by atoms with E-state index in [1.165, 1.54) is 24.7 Å². The van der Waals surface area contributed by atoms with Crippen LogP contribution in [0.3, 0.4) is 0 Å². The van der Waals surface area contributed by atoms with E-state index in [9.17, 15) is 14.4 Å². The maximum atomic E-state index is 12.2. The van der Waals surface area contributed by atoms with Crippen LogP contribution in [-0.4, -0.2) is 17.7 Å². The van der Waals surface area contributed by atoms with E-state index >= 15 is 0 Å². The third kappa shape index (κ3) is 4.29. The number of thiophene rings is 1. The molecule has 0 bridgehead atoms. The van der Waals surface area contributed by atoms with Crippen molar-refractivity contribution in [1.82, 2.24) is 10.9 Å². The third-order valence-corrected chi connectivity index (χ3v) is 4.30. The molecule has 0 saturated heterocycles. The van der Waals surface area contributed by atoms with Gasteiger partial charge in [0.1, 0.15) is 5.00 Å². The predicted molar refractivity (Wildman–Crippen MR) is 80.8 cm³/mol. The molecule has 0 atom stereocenters. The van der Waals surface area contributed by atoms with Crippen LogP contribution < -0.4 is 16.2 Å². The highest BCUT2D eigenvalue weighted by molar-refractivity contribution is 7.14. The molecule has 1 heterocycles. The smallest absolute Gasteiger partial charge is 0.272 e. The Labute approximate surface area is 127 Å². The van der Waals surface area contributed by atoms with Gasteiger partial charge in [0.15, 0.2) is 0 Å². The number of carbonyl (C=O) groups is 3. The number of hydrogen-bond acceptors (Lipinski definition) is 4. The topological polar surface area (TPSA) is 87.3 Å². The van der Waals surface area contributed by atoms with Crippen molar-refractivity contribution in [1.29, 1.82) is 0 Å². The molecule has 0 aromatic carbocycles.